The summed E-state index contributed by atoms with van der Waals surface area (Å²) in [5, 5.41) is 30.5. The van der Waals surface area contributed by atoms with Crippen LogP contribution in [-0.4, -0.2) is 97.5 Å². The number of hydrogen-bond donors (Lipinski definition) is 4. The number of ether oxygens (including phenoxy) is 4. The molecule has 0 amide bonds. The van der Waals surface area contributed by atoms with Crippen molar-refractivity contribution in [2.75, 3.05) is 26.4 Å². The highest BCUT2D eigenvalue weighted by atomic mass is 32.3. The molecule has 6 atom stereocenters. The molecule has 0 aliphatic carbocycles. The zero-order valence-corrected chi connectivity index (χ0v) is 32.0. The molecular weight excluding hydrogens is 680 g/mol. The molecule has 1 rings (SSSR count). The Morgan fingerprint density at radius 1 is 0.765 bits per heavy atom. The topological polar surface area (TPSA) is 178 Å². The van der Waals surface area contributed by atoms with Gasteiger partial charge in [-0.1, -0.05) is 121 Å². The molecule has 6 unspecified atom stereocenters. The Morgan fingerprint density at radius 2 is 1.35 bits per heavy atom. The number of carbonyl (C=O) groups is 1. The van der Waals surface area contributed by atoms with Crippen LogP contribution in [0.3, 0.4) is 0 Å². The Balaban J connectivity index is 2.53. The highest BCUT2D eigenvalue weighted by Gasteiger charge is 2.48. The van der Waals surface area contributed by atoms with Crippen LogP contribution in [0, 0.1) is 0 Å². The molecule has 1 aliphatic heterocycles. The zero-order valence-electron chi connectivity index (χ0n) is 31.2. The Labute approximate surface area is 307 Å². The summed E-state index contributed by atoms with van der Waals surface area (Å²) >= 11 is 0. The van der Waals surface area contributed by atoms with Gasteiger partial charge in [0.15, 0.2) is 6.29 Å². The molecule has 51 heavy (non-hydrogen) atoms. The fourth-order valence-corrected chi connectivity index (χ4v) is 6.13. The third-order valence-electron chi connectivity index (χ3n) is 8.53. The predicted octanol–water partition coefficient (Wildman–Crippen LogP) is 6.68. The lowest BCUT2D eigenvalue weighted by Gasteiger charge is -2.41. The maximum Gasteiger partial charge on any atom is 0.397 e. The average molecular weight is 749 g/mol. The summed E-state index contributed by atoms with van der Waals surface area (Å²) < 4.78 is 58.7. The molecule has 13 heteroatoms. The van der Waals surface area contributed by atoms with Gasteiger partial charge in [-0.2, -0.15) is 8.42 Å². The van der Waals surface area contributed by atoms with Crippen LogP contribution in [0.5, 0.6) is 0 Å². The van der Waals surface area contributed by atoms with E-state index in [4.69, 9.17) is 23.5 Å². The quantitative estimate of drug-likeness (QED) is 0.0249. The molecule has 1 fully saturated rings. The third-order valence-corrected chi connectivity index (χ3v) is 8.99. The van der Waals surface area contributed by atoms with Gasteiger partial charge in [0.25, 0.3) is 0 Å². The van der Waals surface area contributed by atoms with Gasteiger partial charge in [0.2, 0.25) is 0 Å². The van der Waals surface area contributed by atoms with Crippen molar-refractivity contribution in [3.63, 3.8) is 0 Å². The number of unbranched alkanes of at least 4 members (excludes halogenated alkanes) is 13. The highest BCUT2D eigenvalue weighted by Crippen LogP contribution is 2.26. The molecule has 4 N–H and O–H groups in total. The smallest absolute Gasteiger partial charge is 0.397 e. The molecule has 0 aromatic carbocycles. The van der Waals surface area contributed by atoms with E-state index in [1.54, 1.807) is 0 Å². The van der Waals surface area contributed by atoms with Gasteiger partial charge in [-0.15, -0.1) is 0 Å². The maximum absolute atomic E-state index is 12.7. The van der Waals surface area contributed by atoms with Crippen molar-refractivity contribution in [2.45, 2.75) is 173 Å². The largest absolute Gasteiger partial charge is 0.457 e. The summed E-state index contributed by atoms with van der Waals surface area (Å²) in [6, 6.07) is 0. The Morgan fingerprint density at radius 3 is 1.98 bits per heavy atom. The molecule has 0 bridgehead atoms. The van der Waals surface area contributed by atoms with Gasteiger partial charge >= 0.3 is 16.4 Å². The molecule has 0 saturated carbocycles. The van der Waals surface area contributed by atoms with E-state index >= 15 is 0 Å². The highest BCUT2D eigenvalue weighted by molar-refractivity contribution is 7.80. The number of aliphatic hydroxyl groups is 3. The maximum atomic E-state index is 12.7. The van der Waals surface area contributed by atoms with Crippen LogP contribution in [0.2, 0.25) is 0 Å². The first-order valence-electron chi connectivity index (χ1n) is 19.2. The summed E-state index contributed by atoms with van der Waals surface area (Å²) in [5.74, 6) is -0.412. The molecule has 0 aromatic heterocycles. The van der Waals surface area contributed by atoms with Crippen LogP contribution in [0.25, 0.3) is 0 Å². The first-order chi connectivity index (χ1) is 24.6. The second kappa shape index (κ2) is 30.7. The van der Waals surface area contributed by atoms with Crippen molar-refractivity contribution < 1.29 is 56.2 Å². The fourth-order valence-electron chi connectivity index (χ4n) is 5.63. The van der Waals surface area contributed by atoms with E-state index in [2.05, 4.69) is 54.5 Å². The van der Waals surface area contributed by atoms with Gasteiger partial charge in [0.1, 0.15) is 30.5 Å². The van der Waals surface area contributed by atoms with Gasteiger partial charge in [-0.3, -0.25) is 9.35 Å². The van der Waals surface area contributed by atoms with E-state index in [9.17, 15) is 28.5 Å². The number of allylic oxidation sites excluding steroid dienone is 6. The van der Waals surface area contributed by atoms with Crippen molar-refractivity contribution in [1.82, 2.24) is 0 Å². The van der Waals surface area contributed by atoms with Crippen LogP contribution >= 0.6 is 0 Å². The van der Waals surface area contributed by atoms with E-state index in [1.807, 2.05) is 0 Å². The standard InChI is InChI=1S/C38H68O12S/c1-3-5-7-9-11-13-15-16-17-18-20-22-24-26-28-46-30-32(48-34(40)27-25-23-21-19-14-12-10-8-6-4-2)31-47-38-36(42)37(50-51(43,44)45)35(41)33(29-39)49-38/h5,7,11,13,16-17,32-33,35-39,41-42H,3-4,6,8-10,12,14-15,18-31H2,1-2H3,(H,43,44,45)/b7-5-,13-11-,17-16-. The molecule has 0 aromatic rings. The molecule has 1 saturated heterocycles. The van der Waals surface area contributed by atoms with Crippen molar-refractivity contribution >= 4 is 16.4 Å². The monoisotopic (exact) mass is 748 g/mol. The number of aliphatic hydroxyl groups excluding tert-OH is 3. The van der Waals surface area contributed by atoms with Crippen molar-refractivity contribution in [2.24, 2.45) is 0 Å². The number of carbonyl (C=O) groups excluding carboxylic acids is 1. The molecule has 0 spiro atoms. The van der Waals surface area contributed by atoms with Gasteiger partial charge in [-0.05, 0) is 44.9 Å². The SMILES string of the molecule is CC/C=C\C/C=C\C/C=C\CCCCCCOCC(COC1OC(CO)C(O)C(OS(=O)(=O)O)C1O)OC(=O)CCCCCCCCCCCC. The number of esters is 1. The minimum Gasteiger partial charge on any atom is -0.457 e. The van der Waals surface area contributed by atoms with Crippen molar-refractivity contribution in [1.29, 1.82) is 0 Å². The Bertz CT molecular complexity index is 1050. The molecule has 12 nitrogen and oxygen atoms in total. The van der Waals surface area contributed by atoms with Crippen molar-refractivity contribution in [3.05, 3.63) is 36.5 Å². The van der Waals surface area contributed by atoms with Crippen LogP contribution < -0.4 is 0 Å². The summed E-state index contributed by atoms with van der Waals surface area (Å²) in [4.78, 5) is 12.7. The summed E-state index contributed by atoms with van der Waals surface area (Å²) in [7, 11) is -5.06. The van der Waals surface area contributed by atoms with E-state index in [1.165, 1.54) is 38.5 Å². The first kappa shape index (κ1) is 47.3. The Hall–Kier alpha value is -1.68. The number of rotatable bonds is 32. The summed E-state index contributed by atoms with van der Waals surface area (Å²) in [5.41, 5.74) is 0. The van der Waals surface area contributed by atoms with E-state index in [0.29, 0.717) is 13.0 Å². The molecule has 1 aliphatic rings. The van der Waals surface area contributed by atoms with Gasteiger partial charge in [0, 0.05) is 13.0 Å². The fraction of sp³-hybridized carbons (Fsp3) is 0.816. The lowest BCUT2D eigenvalue weighted by Crippen LogP contribution is -2.60. The second-order valence-corrected chi connectivity index (χ2v) is 14.2. The molecule has 1 heterocycles. The zero-order chi connectivity index (χ0) is 37.6. The minimum absolute atomic E-state index is 0.0219. The van der Waals surface area contributed by atoms with Gasteiger partial charge in [-0.25, -0.2) is 4.18 Å². The van der Waals surface area contributed by atoms with Crippen LogP contribution in [0.4, 0.5) is 0 Å². The second-order valence-electron chi connectivity index (χ2n) is 13.1. The predicted molar refractivity (Wildman–Crippen MR) is 197 cm³/mol. The molecule has 298 valence electrons. The van der Waals surface area contributed by atoms with Crippen LogP contribution in [0.1, 0.15) is 136 Å². The normalized spacial score (nSPS) is 22.0. The third kappa shape index (κ3) is 25.1. The lowest BCUT2D eigenvalue weighted by atomic mass is 9.99. The van der Waals surface area contributed by atoms with Crippen molar-refractivity contribution in [3.8, 4) is 0 Å². The van der Waals surface area contributed by atoms with E-state index < -0.39 is 59.8 Å². The average Bonchev–Trinajstić information content (AvgIpc) is 3.09. The Kier molecular flexibility index (Phi) is 28.5. The van der Waals surface area contributed by atoms with E-state index in [0.717, 1.165) is 70.6 Å². The lowest BCUT2D eigenvalue weighted by molar-refractivity contribution is -0.301. The van der Waals surface area contributed by atoms with Crippen LogP contribution in [-0.2, 0) is 38.3 Å². The van der Waals surface area contributed by atoms with E-state index in [-0.39, 0.29) is 19.6 Å². The van der Waals surface area contributed by atoms with Gasteiger partial charge in [0.05, 0.1) is 19.8 Å². The summed E-state index contributed by atoms with van der Waals surface area (Å²) in [6.45, 7) is 3.78. The van der Waals surface area contributed by atoms with Gasteiger partial charge < -0.3 is 34.3 Å². The summed E-state index contributed by atoms with van der Waals surface area (Å²) in [6.07, 6.45) is 23.4. The first-order valence-corrected chi connectivity index (χ1v) is 20.6. The molecular formula is C38H68O12S. The molecule has 0 radical (unpaired) electrons. The minimum atomic E-state index is -5.06. The van der Waals surface area contributed by atoms with Crippen LogP contribution in [0.15, 0.2) is 36.5 Å². The number of hydrogen-bond acceptors (Lipinski definition) is 11.